The fourth-order valence-electron chi connectivity index (χ4n) is 1.79. The highest BCUT2D eigenvalue weighted by Crippen LogP contribution is 2.24. The molecule has 0 spiro atoms. The Kier molecular flexibility index (Phi) is 4.46. The summed E-state index contributed by atoms with van der Waals surface area (Å²) in [5, 5.41) is 10.3. The molecule has 2 N–H and O–H groups in total. The summed E-state index contributed by atoms with van der Waals surface area (Å²) in [6.45, 7) is 4.31. The molecule has 0 aliphatic heterocycles. The van der Waals surface area contributed by atoms with Gasteiger partial charge in [0.15, 0.2) is 0 Å². The Hall–Kier alpha value is -1.24. The van der Waals surface area contributed by atoms with Crippen LogP contribution >= 0.6 is 11.3 Å². The molecule has 2 aromatic heterocycles. The Labute approximate surface area is 111 Å². The first-order valence-electron chi connectivity index (χ1n) is 6.03. The maximum Gasteiger partial charge on any atom is 0.0967 e. The van der Waals surface area contributed by atoms with E-state index in [4.69, 9.17) is 5.73 Å². The van der Waals surface area contributed by atoms with Gasteiger partial charge in [0.25, 0.3) is 0 Å². The van der Waals surface area contributed by atoms with Crippen LogP contribution in [0.5, 0.6) is 0 Å². The molecule has 2 rings (SSSR count). The Bertz CT molecular complexity index is 465. The molecule has 0 aliphatic rings. The first kappa shape index (κ1) is 13.2. The summed E-state index contributed by atoms with van der Waals surface area (Å²) in [4.78, 5) is 3.63. The van der Waals surface area contributed by atoms with Crippen molar-refractivity contribution in [1.82, 2.24) is 19.9 Å². The molecule has 0 aromatic carbocycles. The second kappa shape index (κ2) is 6.08. The zero-order chi connectivity index (χ0) is 13.0. The van der Waals surface area contributed by atoms with Crippen molar-refractivity contribution in [1.29, 1.82) is 0 Å². The van der Waals surface area contributed by atoms with Crippen molar-refractivity contribution in [2.75, 3.05) is 13.6 Å². The molecule has 0 aliphatic carbocycles. The van der Waals surface area contributed by atoms with E-state index in [1.54, 1.807) is 16.0 Å². The van der Waals surface area contributed by atoms with E-state index in [9.17, 15) is 0 Å². The molecule has 0 bridgehead atoms. The van der Waals surface area contributed by atoms with Gasteiger partial charge in [-0.1, -0.05) is 11.3 Å². The number of nitrogens with two attached hydrogens (primary N) is 1. The van der Waals surface area contributed by atoms with Gasteiger partial charge < -0.3 is 5.73 Å². The van der Waals surface area contributed by atoms with E-state index in [0.29, 0.717) is 12.6 Å². The smallest absolute Gasteiger partial charge is 0.0967 e. The number of hydrogen-bond donors (Lipinski definition) is 1. The molecule has 0 radical (unpaired) electrons. The highest BCUT2D eigenvalue weighted by molar-refractivity contribution is 7.10. The lowest BCUT2D eigenvalue weighted by Crippen LogP contribution is -2.21. The average molecular weight is 265 g/mol. The summed E-state index contributed by atoms with van der Waals surface area (Å²) < 4.78 is 1.79. The van der Waals surface area contributed by atoms with Crippen molar-refractivity contribution in [2.24, 2.45) is 5.73 Å². The summed E-state index contributed by atoms with van der Waals surface area (Å²) in [6, 6.07) is 4.64. The summed E-state index contributed by atoms with van der Waals surface area (Å²) in [7, 11) is 2.10. The van der Waals surface area contributed by atoms with Gasteiger partial charge in [-0.3, -0.25) is 9.58 Å². The Balaban J connectivity index is 1.95. The predicted octanol–water partition coefficient (Wildman–Crippen LogP) is 1.49. The lowest BCUT2D eigenvalue weighted by atomic mass is 10.2. The summed E-state index contributed by atoms with van der Waals surface area (Å²) in [5.41, 5.74) is 6.47. The van der Waals surface area contributed by atoms with Crippen LogP contribution < -0.4 is 5.73 Å². The van der Waals surface area contributed by atoms with Crippen molar-refractivity contribution < 1.29 is 0 Å². The lowest BCUT2D eigenvalue weighted by molar-refractivity contribution is 0.253. The molecule has 2 heterocycles. The van der Waals surface area contributed by atoms with E-state index in [1.165, 1.54) is 4.88 Å². The number of nitrogens with zero attached hydrogens (tertiary/aromatic N) is 4. The second-order valence-electron chi connectivity index (χ2n) is 4.37. The fourth-order valence-corrected chi connectivity index (χ4v) is 2.64. The topological polar surface area (TPSA) is 60.0 Å². The maximum atomic E-state index is 5.49. The molecule has 0 saturated carbocycles. The Morgan fingerprint density at radius 1 is 1.56 bits per heavy atom. The summed E-state index contributed by atoms with van der Waals surface area (Å²) in [5.74, 6) is 0. The van der Waals surface area contributed by atoms with E-state index in [0.717, 1.165) is 18.8 Å². The third kappa shape index (κ3) is 3.16. The molecule has 2 aromatic rings. The third-order valence-corrected chi connectivity index (χ3v) is 4.01. The van der Waals surface area contributed by atoms with Gasteiger partial charge >= 0.3 is 0 Å². The van der Waals surface area contributed by atoms with Crippen LogP contribution in [0.2, 0.25) is 0 Å². The van der Waals surface area contributed by atoms with E-state index in [-0.39, 0.29) is 0 Å². The van der Waals surface area contributed by atoms with Crippen molar-refractivity contribution in [2.45, 2.75) is 26.1 Å². The lowest BCUT2D eigenvalue weighted by Gasteiger charge is -2.22. The number of rotatable bonds is 6. The fraction of sp³-hybridized carbons (Fsp3) is 0.500. The molecule has 1 atom stereocenters. The molecule has 6 heteroatoms. The minimum atomic E-state index is 0.393. The minimum Gasteiger partial charge on any atom is -0.329 e. The molecule has 0 fully saturated rings. The van der Waals surface area contributed by atoms with Crippen molar-refractivity contribution >= 4 is 11.3 Å². The van der Waals surface area contributed by atoms with Gasteiger partial charge in [-0.2, -0.15) is 0 Å². The first-order valence-corrected chi connectivity index (χ1v) is 6.91. The normalized spacial score (nSPS) is 13.1. The average Bonchev–Trinajstić information content (AvgIpc) is 3.00. The van der Waals surface area contributed by atoms with Crippen LogP contribution in [0.1, 0.15) is 23.5 Å². The van der Waals surface area contributed by atoms with Crippen LogP contribution in [0.4, 0.5) is 0 Å². The molecule has 1 unspecified atom stereocenters. The van der Waals surface area contributed by atoms with Gasteiger partial charge in [0, 0.05) is 30.2 Å². The van der Waals surface area contributed by atoms with Gasteiger partial charge in [0.1, 0.15) is 0 Å². The zero-order valence-electron chi connectivity index (χ0n) is 10.8. The monoisotopic (exact) mass is 265 g/mol. The molecular formula is C12H19N5S. The van der Waals surface area contributed by atoms with E-state index in [2.05, 4.69) is 46.7 Å². The number of hydrogen-bond acceptors (Lipinski definition) is 5. The Morgan fingerprint density at radius 2 is 2.39 bits per heavy atom. The highest BCUT2D eigenvalue weighted by atomic mass is 32.1. The van der Waals surface area contributed by atoms with Crippen LogP contribution in [0, 0.1) is 0 Å². The largest absolute Gasteiger partial charge is 0.329 e. The van der Waals surface area contributed by atoms with Gasteiger partial charge in [0.2, 0.25) is 0 Å². The zero-order valence-corrected chi connectivity index (χ0v) is 11.6. The van der Waals surface area contributed by atoms with Crippen molar-refractivity contribution in [3.8, 4) is 0 Å². The van der Waals surface area contributed by atoms with Gasteiger partial charge in [0.05, 0.1) is 12.2 Å². The molecule has 98 valence electrons. The predicted molar refractivity (Wildman–Crippen MR) is 73.3 cm³/mol. The third-order valence-electron chi connectivity index (χ3n) is 2.97. The van der Waals surface area contributed by atoms with Crippen LogP contribution in [0.3, 0.4) is 0 Å². The van der Waals surface area contributed by atoms with Crippen molar-refractivity contribution in [3.05, 3.63) is 34.3 Å². The quantitative estimate of drug-likeness (QED) is 0.859. The summed E-state index contributed by atoms with van der Waals surface area (Å²) >= 11 is 1.78. The molecular weight excluding hydrogens is 246 g/mol. The van der Waals surface area contributed by atoms with Crippen LogP contribution in [-0.2, 0) is 13.1 Å². The second-order valence-corrected chi connectivity index (χ2v) is 5.35. The highest BCUT2D eigenvalue weighted by Gasteiger charge is 2.14. The summed E-state index contributed by atoms with van der Waals surface area (Å²) in [6.07, 6.45) is 1.96. The van der Waals surface area contributed by atoms with Crippen LogP contribution in [0.25, 0.3) is 0 Å². The molecule has 5 nitrogen and oxygen atoms in total. The minimum absolute atomic E-state index is 0.393. The van der Waals surface area contributed by atoms with Gasteiger partial charge in [-0.25, -0.2) is 0 Å². The maximum absolute atomic E-state index is 5.49. The molecule has 0 amide bonds. The number of aromatic nitrogens is 3. The Morgan fingerprint density at radius 3 is 3.06 bits per heavy atom. The standard InChI is InChI=1S/C12H19N5S/c1-10(12-4-3-7-18-12)16(2)8-11-9-17(6-5-13)15-14-11/h3-4,7,9-10H,5-6,8,13H2,1-2H3. The van der Waals surface area contributed by atoms with E-state index < -0.39 is 0 Å². The van der Waals surface area contributed by atoms with Crippen molar-refractivity contribution in [3.63, 3.8) is 0 Å². The molecule has 18 heavy (non-hydrogen) atoms. The van der Waals surface area contributed by atoms with Crippen LogP contribution in [0.15, 0.2) is 23.7 Å². The van der Waals surface area contributed by atoms with Gasteiger partial charge in [-0.15, -0.1) is 16.4 Å². The molecule has 0 saturated heterocycles. The SMILES string of the molecule is CC(c1cccs1)N(C)Cc1cn(CCN)nn1. The van der Waals surface area contributed by atoms with E-state index in [1.807, 2.05) is 6.20 Å². The van der Waals surface area contributed by atoms with Gasteiger partial charge in [-0.05, 0) is 25.4 Å². The van der Waals surface area contributed by atoms with Crippen LogP contribution in [-0.4, -0.2) is 33.5 Å². The first-order chi connectivity index (χ1) is 8.70. The number of thiophene rings is 1. The van der Waals surface area contributed by atoms with E-state index >= 15 is 0 Å².